The van der Waals surface area contributed by atoms with Crippen LogP contribution in [-0.4, -0.2) is 30.6 Å². The van der Waals surface area contributed by atoms with Gasteiger partial charge in [0.25, 0.3) is 0 Å². The van der Waals surface area contributed by atoms with Crippen molar-refractivity contribution in [3.8, 4) is 0 Å². The Kier molecular flexibility index (Phi) is 2.60. The predicted octanol–water partition coefficient (Wildman–Crippen LogP) is 1.01. The summed E-state index contributed by atoms with van der Waals surface area (Å²) in [7, 11) is 3.61. The van der Waals surface area contributed by atoms with Crippen LogP contribution in [0.1, 0.15) is 10.4 Å². The molecule has 0 bridgehead atoms. The van der Waals surface area contributed by atoms with Crippen LogP contribution in [0.4, 0.5) is 5.69 Å². The molecule has 0 aromatic carbocycles. The fourth-order valence-corrected chi connectivity index (χ4v) is 1.01. The van der Waals surface area contributed by atoms with Crippen LogP contribution in [0.25, 0.3) is 0 Å². The van der Waals surface area contributed by atoms with Gasteiger partial charge in [-0.05, 0) is 0 Å². The number of anilines is 1. The Balaban J connectivity index is 3.27. The predicted molar refractivity (Wildman–Crippen MR) is 46.8 cm³/mol. The second-order valence-electron chi connectivity index (χ2n) is 2.45. The number of carbonyl (C=O) groups excluding carboxylic acids is 1. The molecule has 1 heterocycles. The second-order valence-corrected chi connectivity index (χ2v) is 2.80. The molecule has 0 aliphatic heterocycles. The molecule has 4 nitrogen and oxygen atoms in total. The summed E-state index contributed by atoms with van der Waals surface area (Å²) >= 11 is 5.64. The molecule has 0 saturated heterocycles. The average Bonchev–Trinajstić information content (AvgIpc) is 2.03. The third-order valence-corrected chi connectivity index (χ3v) is 1.70. The highest BCUT2D eigenvalue weighted by molar-refractivity contribution is 6.32. The van der Waals surface area contributed by atoms with Crippen molar-refractivity contribution in [3.63, 3.8) is 0 Å². The standard InChI is InChI=1S/C7H8ClN3O/c1-11(2)6-3-9-10-7(8)5(6)4-12/h3-4H,1-2H3. The normalized spacial score (nSPS) is 9.58. The highest BCUT2D eigenvalue weighted by atomic mass is 35.5. The third kappa shape index (κ3) is 1.53. The molecular formula is C7H8ClN3O. The van der Waals surface area contributed by atoms with Gasteiger partial charge in [0, 0.05) is 14.1 Å². The van der Waals surface area contributed by atoms with Crippen molar-refractivity contribution in [3.05, 3.63) is 16.9 Å². The number of halogens is 1. The summed E-state index contributed by atoms with van der Waals surface area (Å²) in [4.78, 5) is 12.3. The number of aromatic nitrogens is 2. The number of rotatable bonds is 2. The van der Waals surface area contributed by atoms with Gasteiger partial charge in [-0.15, -0.1) is 5.10 Å². The second kappa shape index (κ2) is 3.49. The zero-order valence-corrected chi connectivity index (χ0v) is 7.54. The molecule has 0 N–H and O–H groups in total. The van der Waals surface area contributed by atoms with E-state index in [1.54, 1.807) is 19.0 Å². The van der Waals surface area contributed by atoms with E-state index in [-0.39, 0.29) is 5.15 Å². The van der Waals surface area contributed by atoms with Gasteiger partial charge in [0.2, 0.25) is 0 Å². The maximum Gasteiger partial charge on any atom is 0.164 e. The zero-order valence-electron chi connectivity index (χ0n) is 6.78. The van der Waals surface area contributed by atoms with Crippen molar-refractivity contribution in [2.45, 2.75) is 0 Å². The molecule has 0 aliphatic rings. The Labute approximate surface area is 75.2 Å². The van der Waals surface area contributed by atoms with E-state index >= 15 is 0 Å². The Morgan fingerprint density at radius 3 is 2.67 bits per heavy atom. The van der Waals surface area contributed by atoms with Gasteiger partial charge >= 0.3 is 0 Å². The Morgan fingerprint density at radius 2 is 2.25 bits per heavy atom. The Bertz CT molecular complexity index is 301. The van der Waals surface area contributed by atoms with Crippen LogP contribution in [0, 0.1) is 0 Å². The van der Waals surface area contributed by atoms with Crippen molar-refractivity contribution >= 4 is 23.6 Å². The smallest absolute Gasteiger partial charge is 0.164 e. The monoisotopic (exact) mass is 185 g/mol. The first-order valence-electron chi connectivity index (χ1n) is 3.30. The van der Waals surface area contributed by atoms with Crippen LogP contribution < -0.4 is 4.90 Å². The summed E-state index contributed by atoms with van der Waals surface area (Å²) in [6.07, 6.45) is 2.17. The van der Waals surface area contributed by atoms with Gasteiger partial charge in [-0.25, -0.2) is 0 Å². The lowest BCUT2D eigenvalue weighted by molar-refractivity contribution is 0.112. The van der Waals surface area contributed by atoms with Crippen LogP contribution >= 0.6 is 11.6 Å². The van der Waals surface area contributed by atoms with E-state index in [0.717, 1.165) is 0 Å². The van der Waals surface area contributed by atoms with Gasteiger partial charge in [0.15, 0.2) is 11.4 Å². The van der Waals surface area contributed by atoms with Crippen LogP contribution in [0.2, 0.25) is 5.15 Å². The number of hydrogen-bond donors (Lipinski definition) is 0. The number of hydrogen-bond acceptors (Lipinski definition) is 4. The first kappa shape index (κ1) is 8.93. The molecule has 0 unspecified atom stereocenters. The SMILES string of the molecule is CN(C)c1cnnc(Cl)c1C=O. The van der Waals surface area contributed by atoms with Crippen molar-refractivity contribution in [2.75, 3.05) is 19.0 Å². The molecule has 12 heavy (non-hydrogen) atoms. The van der Waals surface area contributed by atoms with Crippen molar-refractivity contribution in [1.82, 2.24) is 10.2 Å². The van der Waals surface area contributed by atoms with Gasteiger partial charge in [-0.1, -0.05) is 11.6 Å². The first-order chi connectivity index (χ1) is 5.66. The zero-order chi connectivity index (χ0) is 9.14. The van der Waals surface area contributed by atoms with Crippen LogP contribution in [0.3, 0.4) is 0 Å². The molecule has 0 spiro atoms. The summed E-state index contributed by atoms with van der Waals surface area (Å²) in [5.74, 6) is 0. The molecular weight excluding hydrogens is 178 g/mol. The maximum absolute atomic E-state index is 10.6. The van der Waals surface area contributed by atoms with Crippen LogP contribution in [-0.2, 0) is 0 Å². The van der Waals surface area contributed by atoms with E-state index in [4.69, 9.17) is 11.6 Å². The molecule has 0 saturated carbocycles. The van der Waals surface area contributed by atoms with Crippen molar-refractivity contribution in [2.24, 2.45) is 0 Å². The summed E-state index contributed by atoms with van der Waals surface area (Å²) in [6.45, 7) is 0. The van der Waals surface area contributed by atoms with Crippen molar-refractivity contribution in [1.29, 1.82) is 0 Å². The van der Waals surface area contributed by atoms with Gasteiger partial charge in [0.05, 0.1) is 17.4 Å². The minimum absolute atomic E-state index is 0.135. The molecule has 0 fully saturated rings. The number of carbonyl (C=O) groups is 1. The molecule has 1 aromatic rings. The lowest BCUT2D eigenvalue weighted by Crippen LogP contribution is -2.12. The summed E-state index contributed by atoms with van der Waals surface area (Å²) in [5, 5.41) is 7.32. The molecule has 64 valence electrons. The topological polar surface area (TPSA) is 46.1 Å². The van der Waals surface area contributed by atoms with Gasteiger partial charge < -0.3 is 4.90 Å². The van der Waals surface area contributed by atoms with Gasteiger partial charge in [-0.3, -0.25) is 4.79 Å². The van der Waals surface area contributed by atoms with Gasteiger partial charge in [-0.2, -0.15) is 5.10 Å². The summed E-state index contributed by atoms with van der Waals surface area (Å²) in [6, 6.07) is 0. The molecule has 1 aromatic heterocycles. The van der Waals surface area contributed by atoms with E-state index in [0.29, 0.717) is 17.5 Å². The van der Waals surface area contributed by atoms with E-state index < -0.39 is 0 Å². The quantitative estimate of drug-likeness (QED) is 0.646. The molecule has 0 amide bonds. The van der Waals surface area contributed by atoms with Gasteiger partial charge in [0.1, 0.15) is 0 Å². The minimum atomic E-state index is 0.135. The highest BCUT2D eigenvalue weighted by Gasteiger charge is 2.08. The molecule has 0 aliphatic carbocycles. The van der Waals surface area contributed by atoms with E-state index in [9.17, 15) is 4.79 Å². The highest BCUT2D eigenvalue weighted by Crippen LogP contribution is 2.20. The first-order valence-corrected chi connectivity index (χ1v) is 3.68. The molecule has 5 heteroatoms. The summed E-state index contributed by atoms with van der Waals surface area (Å²) < 4.78 is 0. The van der Waals surface area contributed by atoms with Crippen LogP contribution in [0.15, 0.2) is 6.20 Å². The number of nitrogens with zero attached hydrogens (tertiary/aromatic N) is 3. The van der Waals surface area contributed by atoms with E-state index in [1.807, 2.05) is 0 Å². The maximum atomic E-state index is 10.6. The van der Waals surface area contributed by atoms with E-state index in [2.05, 4.69) is 10.2 Å². The lowest BCUT2D eigenvalue weighted by Gasteiger charge is -2.13. The largest absolute Gasteiger partial charge is 0.376 e. The van der Waals surface area contributed by atoms with E-state index in [1.165, 1.54) is 6.20 Å². The molecule has 0 radical (unpaired) electrons. The Hall–Kier alpha value is -1.16. The van der Waals surface area contributed by atoms with Crippen molar-refractivity contribution < 1.29 is 4.79 Å². The molecule has 1 rings (SSSR count). The Morgan fingerprint density at radius 1 is 1.58 bits per heavy atom. The van der Waals surface area contributed by atoms with Crippen LogP contribution in [0.5, 0.6) is 0 Å². The average molecular weight is 186 g/mol. The number of aldehydes is 1. The third-order valence-electron chi connectivity index (χ3n) is 1.42. The fraction of sp³-hybridized carbons (Fsp3) is 0.286. The summed E-state index contributed by atoms with van der Waals surface area (Å²) in [5.41, 5.74) is 1.04. The fourth-order valence-electron chi connectivity index (χ4n) is 0.829. The lowest BCUT2D eigenvalue weighted by atomic mass is 10.3. The molecule has 0 atom stereocenters. The minimum Gasteiger partial charge on any atom is -0.376 e.